The molecule has 24 heavy (non-hydrogen) atoms. The van der Waals surface area contributed by atoms with Gasteiger partial charge in [0.25, 0.3) is 5.91 Å². The van der Waals surface area contributed by atoms with Gasteiger partial charge in [0, 0.05) is 19.3 Å². The van der Waals surface area contributed by atoms with Crippen molar-refractivity contribution in [3.63, 3.8) is 0 Å². The van der Waals surface area contributed by atoms with Crippen molar-refractivity contribution in [3.05, 3.63) is 62.6 Å². The molecule has 0 N–H and O–H groups in total. The lowest BCUT2D eigenvalue weighted by atomic mass is 9.89. The normalized spacial score (nSPS) is 15.6. The molecule has 0 atom stereocenters. The van der Waals surface area contributed by atoms with E-state index in [9.17, 15) is 9.18 Å². The molecule has 3 nitrogen and oxygen atoms in total. The highest BCUT2D eigenvalue weighted by atomic mass is 35.5. The number of rotatable bonds is 2. The molecule has 1 amide bonds. The maximum atomic E-state index is 13.0. The van der Waals surface area contributed by atoms with Gasteiger partial charge in [-0.25, -0.2) is 9.37 Å². The summed E-state index contributed by atoms with van der Waals surface area (Å²) in [7, 11) is 0. The number of amides is 1. The van der Waals surface area contributed by atoms with Crippen LogP contribution >= 0.6 is 34.8 Å². The molecule has 1 aliphatic heterocycles. The number of carbonyl (C=O) groups is 1. The Labute approximate surface area is 154 Å². The van der Waals surface area contributed by atoms with Crippen LogP contribution in [0.15, 0.2) is 30.5 Å². The number of likely N-dealkylation sites (tertiary alicyclic amines) is 1. The van der Waals surface area contributed by atoms with Gasteiger partial charge < -0.3 is 4.90 Å². The fourth-order valence-electron chi connectivity index (χ4n) is 2.91. The van der Waals surface area contributed by atoms with Crippen molar-refractivity contribution in [2.75, 3.05) is 13.1 Å². The van der Waals surface area contributed by atoms with Gasteiger partial charge in [-0.15, -0.1) is 0 Å². The summed E-state index contributed by atoms with van der Waals surface area (Å²) in [6.45, 7) is 1.19. The minimum atomic E-state index is -0.242. The summed E-state index contributed by atoms with van der Waals surface area (Å²) in [4.78, 5) is 18.2. The standard InChI is InChI=1S/C17H14Cl3FN2O/c18-14-13(9-22-16(20)15(14)19)17(24)23-7-5-11(6-8-23)10-1-3-12(21)4-2-10/h1-4,9,11H,5-8H2. The lowest BCUT2D eigenvalue weighted by Gasteiger charge is -2.32. The van der Waals surface area contributed by atoms with E-state index in [2.05, 4.69) is 4.98 Å². The Bertz CT molecular complexity index is 759. The molecule has 2 heterocycles. The molecular weight excluding hydrogens is 374 g/mol. The van der Waals surface area contributed by atoms with E-state index >= 15 is 0 Å². The fourth-order valence-corrected chi connectivity index (χ4v) is 3.48. The first-order chi connectivity index (χ1) is 11.5. The molecule has 0 unspecified atom stereocenters. The number of piperidine rings is 1. The van der Waals surface area contributed by atoms with Crippen LogP contribution in [0.3, 0.4) is 0 Å². The largest absolute Gasteiger partial charge is 0.339 e. The third-order valence-corrected chi connectivity index (χ3v) is 5.51. The second kappa shape index (κ2) is 7.26. The molecule has 1 aromatic carbocycles. The van der Waals surface area contributed by atoms with Crippen LogP contribution in [0, 0.1) is 5.82 Å². The predicted octanol–water partition coefficient (Wildman–Crippen LogP) is 5.20. The highest BCUT2D eigenvalue weighted by Crippen LogP contribution is 2.33. The van der Waals surface area contributed by atoms with Gasteiger partial charge in [0.05, 0.1) is 15.6 Å². The molecule has 0 saturated carbocycles. The number of pyridine rings is 1. The molecule has 1 aromatic heterocycles. The maximum Gasteiger partial charge on any atom is 0.256 e. The minimum Gasteiger partial charge on any atom is -0.339 e. The van der Waals surface area contributed by atoms with Crippen molar-refractivity contribution in [1.82, 2.24) is 9.88 Å². The number of aromatic nitrogens is 1. The van der Waals surface area contributed by atoms with Crippen LogP contribution in [0.1, 0.15) is 34.7 Å². The van der Waals surface area contributed by atoms with Gasteiger partial charge in [-0.2, -0.15) is 0 Å². The first-order valence-electron chi connectivity index (χ1n) is 7.51. The number of nitrogens with zero attached hydrogens (tertiary/aromatic N) is 2. The number of halogens is 4. The molecule has 0 aliphatic carbocycles. The van der Waals surface area contributed by atoms with Gasteiger partial charge in [0.15, 0.2) is 0 Å². The molecule has 0 bridgehead atoms. The van der Waals surface area contributed by atoms with E-state index in [1.807, 2.05) is 0 Å². The van der Waals surface area contributed by atoms with E-state index in [1.165, 1.54) is 18.3 Å². The van der Waals surface area contributed by atoms with E-state index < -0.39 is 0 Å². The fraction of sp³-hybridized carbons (Fsp3) is 0.294. The molecular formula is C17H14Cl3FN2O. The Morgan fingerprint density at radius 2 is 1.71 bits per heavy atom. The molecule has 0 spiro atoms. The monoisotopic (exact) mass is 386 g/mol. The van der Waals surface area contributed by atoms with Crippen molar-refractivity contribution in [3.8, 4) is 0 Å². The first kappa shape index (κ1) is 17.5. The maximum absolute atomic E-state index is 13.0. The summed E-state index contributed by atoms with van der Waals surface area (Å²) in [6.07, 6.45) is 2.97. The summed E-state index contributed by atoms with van der Waals surface area (Å²) in [5, 5.41) is 0.293. The lowest BCUT2D eigenvalue weighted by molar-refractivity contribution is 0.0713. The topological polar surface area (TPSA) is 33.2 Å². The van der Waals surface area contributed by atoms with Crippen LogP contribution in [0.4, 0.5) is 4.39 Å². The number of hydrogen-bond donors (Lipinski definition) is 0. The van der Waals surface area contributed by atoms with Crippen LogP contribution in [-0.2, 0) is 0 Å². The van der Waals surface area contributed by atoms with Crippen LogP contribution in [0.2, 0.25) is 15.2 Å². The van der Waals surface area contributed by atoms with Crippen molar-refractivity contribution in [2.45, 2.75) is 18.8 Å². The lowest BCUT2D eigenvalue weighted by Crippen LogP contribution is -2.38. The summed E-state index contributed by atoms with van der Waals surface area (Å²) in [6, 6.07) is 6.54. The Morgan fingerprint density at radius 3 is 2.33 bits per heavy atom. The van der Waals surface area contributed by atoms with Gasteiger partial charge >= 0.3 is 0 Å². The van der Waals surface area contributed by atoms with E-state index in [0.29, 0.717) is 19.0 Å². The molecule has 126 valence electrons. The summed E-state index contributed by atoms with van der Waals surface area (Å²) in [5.74, 6) is -0.131. The quantitative estimate of drug-likeness (QED) is 0.664. The highest BCUT2D eigenvalue weighted by Gasteiger charge is 2.27. The van der Waals surface area contributed by atoms with E-state index in [-0.39, 0.29) is 32.5 Å². The van der Waals surface area contributed by atoms with E-state index in [1.54, 1.807) is 17.0 Å². The minimum absolute atomic E-state index is 0.0771. The zero-order chi connectivity index (χ0) is 17.3. The van der Waals surface area contributed by atoms with Gasteiger partial charge in [-0.3, -0.25) is 4.79 Å². The zero-order valence-corrected chi connectivity index (χ0v) is 14.9. The number of hydrogen-bond acceptors (Lipinski definition) is 2. The van der Waals surface area contributed by atoms with Crippen LogP contribution in [0.25, 0.3) is 0 Å². The molecule has 1 saturated heterocycles. The average Bonchev–Trinajstić information content (AvgIpc) is 2.60. The molecule has 2 aromatic rings. The Balaban J connectivity index is 1.69. The zero-order valence-electron chi connectivity index (χ0n) is 12.6. The van der Waals surface area contributed by atoms with Crippen molar-refractivity contribution in [2.24, 2.45) is 0 Å². The van der Waals surface area contributed by atoms with E-state index in [4.69, 9.17) is 34.8 Å². The third-order valence-electron chi connectivity index (χ3n) is 4.27. The predicted molar refractivity (Wildman–Crippen MR) is 93.5 cm³/mol. The second-order valence-corrected chi connectivity index (χ2v) is 6.82. The van der Waals surface area contributed by atoms with Gasteiger partial charge in [0.1, 0.15) is 11.0 Å². The smallest absolute Gasteiger partial charge is 0.256 e. The van der Waals surface area contributed by atoms with Crippen molar-refractivity contribution >= 4 is 40.7 Å². The number of benzene rings is 1. The van der Waals surface area contributed by atoms with Crippen LogP contribution in [-0.4, -0.2) is 28.9 Å². The molecule has 3 rings (SSSR count). The SMILES string of the molecule is O=C(c1cnc(Cl)c(Cl)c1Cl)N1CCC(c2ccc(F)cc2)CC1. The van der Waals surface area contributed by atoms with Crippen LogP contribution in [0.5, 0.6) is 0 Å². The molecule has 7 heteroatoms. The van der Waals surface area contributed by atoms with Crippen molar-refractivity contribution < 1.29 is 9.18 Å². The average molecular weight is 388 g/mol. The summed E-state index contributed by atoms with van der Waals surface area (Å²) < 4.78 is 13.0. The summed E-state index contributed by atoms with van der Waals surface area (Å²) in [5.41, 5.74) is 1.35. The van der Waals surface area contributed by atoms with Gasteiger partial charge in [-0.1, -0.05) is 46.9 Å². The highest BCUT2D eigenvalue weighted by molar-refractivity contribution is 6.48. The molecule has 1 fully saturated rings. The van der Waals surface area contributed by atoms with Crippen molar-refractivity contribution in [1.29, 1.82) is 0 Å². The Kier molecular flexibility index (Phi) is 5.28. The molecule has 1 aliphatic rings. The third kappa shape index (κ3) is 3.51. The first-order valence-corrected chi connectivity index (χ1v) is 8.65. The Morgan fingerprint density at radius 1 is 1.08 bits per heavy atom. The van der Waals surface area contributed by atoms with E-state index in [0.717, 1.165) is 18.4 Å². The second-order valence-electron chi connectivity index (χ2n) is 5.71. The van der Waals surface area contributed by atoms with Gasteiger partial charge in [-0.05, 0) is 36.5 Å². The van der Waals surface area contributed by atoms with Gasteiger partial charge in [0.2, 0.25) is 0 Å². The van der Waals surface area contributed by atoms with Crippen LogP contribution < -0.4 is 0 Å². The Hall–Kier alpha value is -1.36. The summed E-state index contributed by atoms with van der Waals surface area (Å²) >= 11 is 17.9. The number of carbonyl (C=O) groups excluding carboxylic acids is 1. The molecule has 0 radical (unpaired) electrons.